The van der Waals surface area contributed by atoms with Crippen molar-refractivity contribution in [1.82, 2.24) is 9.88 Å². The number of likely N-dealkylation sites (N-methyl/N-ethyl adjacent to an activating group) is 1. The molecule has 1 aliphatic rings. The first kappa shape index (κ1) is 7.21. The first-order valence-corrected chi connectivity index (χ1v) is 4.40. The Morgan fingerprint density at radius 1 is 1.73 bits per heavy atom. The summed E-state index contributed by atoms with van der Waals surface area (Å²) in [7, 11) is 1.99. The molecule has 11 heavy (non-hydrogen) atoms. The van der Waals surface area contributed by atoms with Crippen molar-refractivity contribution in [3.05, 3.63) is 16.6 Å². The van der Waals surface area contributed by atoms with Crippen molar-refractivity contribution >= 4 is 11.3 Å². The fourth-order valence-electron chi connectivity index (χ4n) is 1.44. The summed E-state index contributed by atoms with van der Waals surface area (Å²) in [5.74, 6) is 0. The number of hydrogen-bond donors (Lipinski definition) is 1. The molecule has 0 bridgehead atoms. The van der Waals surface area contributed by atoms with Crippen LogP contribution >= 0.6 is 11.3 Å². The molecule has 2 rings (SSSR count). The van der Waals surface area contributed by atoms with Crippen LogP contribution < -0.4 is 0 Å². The van der Waals surface area contributed by atoms with E-state index in [9.17, 15) is 5.11 Å². The number of aromatic nitrogens is 1. The van der Waals surface area contributed by atoms with Crippen LogP contribution in [0.25, 0.3) is 0 Å². The molecule has 1 fully saturated rings. The molecule has 1 N–H and O–H groups in total. The Balaban J connectivity index is 2.18. The van der Waals surface area contributed by atoms with Gasteiger partial charge in [-0.3, -0.25) is 4.90 Å². The van der Waals surface area contributed by atoms with Gasteiger partial charge in [0.15, 0.2) is 0 Å². The summed E-state index contributed by atoms with van der Waals surface area (Å²) < 4.78 is 0. The van der Waals surface area contributed by atoms with E-state index in [1.807, 2.05) is 12.4 Å². The van der Waals surface area contributed by atoms with Gasteiger partial charge in [-0.05, 0) is 7.05 Å². The highest BCUT2D eigenvalue weighted by molar-refractivity contribution is 7.09. The van der Waals surface area contributed by atoms with Crippen molar-refractivity contribution in [2.75, 3.05) is 20.1 Å². The number of β-amino-alcohol motifs (C(OH)–C–C–N with tert-alkyl or cyclic N) is 1. The van der Waals surface area contributed by atoms with Crippen LogP contribution in [0.2, 0.25) is 0 Å². The zero-order valence-electron chi connectivity index (χ0n) is 6.32. The normalized spacial score (nSPS) is 23.1. The molecular formula is C7H10N2OS. The summed E-state index contributed by atoms with van der Waals surface area (Å²) in [5, 5.41) is 12.6. The van der Waals surface area contributed by atoms with Crippen LogP contribution in [-0.2, 0) is 5.60 Å². The lowest BCUT2D eigenvalue weighted by Crippen LogP contribution is -2.57. The smallest absolute Gasteiger partial charge is 0.141 e. The largest absolute Gasteiger partial charge is 0.380 e. The fraction of sp³-hybridized carbons (Fsp3) is 0.571. The summed E-state index contributed by atoms with van der Waals surface area (Å²) in [6, 6.07) is 0. The standard InChI is InChI=1S/C7H10N2OS/c1-9-4-7(10,5-9)6-8-2-3-11-6/h2-3,10H,4-5H2,1H3. The Bertz CT molecular complexity index is 241. The van der Waals surface area contributed by atoms with Crippen molar-refractivity contribution in [3.63, 3.8) is 0 Å². The molecule has 0 spiro atoms. The highest BCUT2D eigenvalue weighted by Gasteiger charge is 2.42. The number of aliphatic hydroxyl groups is 1. The average molecular weight is 170 g/mol. The summed E-state index contributed by atoms with van der Waals surface area (Å²) in [4.78, 5) is 6.16. The Labute approximate surface area is 69.3 Å². The van der Waals surface area contributed by atoms with Crippen molar-refractivity contribution in [1.29, 1.82) is 0 Å². The van der Waals surface area contributed by atoms with Crippen LogP contribution in [0.4, 0.5) is 0 Å². The number of hydrogen-bond acceptors (Lipinski definition) is 4. The second kappa shape index (κ2) is 2.27. The van der Waals surface area contributed by atoms with E-state index >= 15 is 0 Å². The Morgan fingerprint density at radius 2 is 2.45 bits per heavy atom. The lowest BCUT2D eigenvalue weighted by molar-refractivity contribution is -0.0919. The van der Waals surface area contributed by atoms with E-state index in [0.717, 1.165) is 5.01 Å². The third kappa shape index (κ3) is 1.07. The van der Waals surface area contributed by atoms with Gasteiger partial charge in [-0.15, -0.1) is 11.3 Å². The number of thiazole rings is 1. The number of nitrogens with zero attached hydrogens (tertiary/aromatic N) is 2. The van der Waals surface area contributed by atoms with E-state index in [1.165, 1.54) is 11.3 Å². The van der Waals surface area contributed by atoms with Gasteiger partial charge in [0.05, 0.1) is 0 Å². The third-order valence-corrected chi connectivity index (χ3v) is 2.86. The lowest BCUT2D eigenvalue weighted by Gasteiger charge is -2.42. The lowest BCUT2D eigenvalue weighted by atomic mass is 9.96. The summed E-state index contributed by atoms with van der Waals surface area (Å²) in [5.41, 5.74) is -0.650. The first-order valence-electron chi connectivity index (χ1n) is 3.52. The van der Waals surface area contributed by atoms with Crippen LogP contribution in [0.5, 0.6) is 0 Å². The SMILES string of the molecule is CN1CC(O)(c2nccs2)C1. The second-order valence-electron chi connectivity index (χ2n) is 3.04. The van der Waals surface area contributed by atoms with Crippen LogP contribution in [-0.4, -0.2) is 35.1 Å². The Morgan fingerprint density at radius 3 is 2.91 bits per heavy atom. The van der Waals surface area contributed by atoms with E-state index in [0.29, 0.717) is 13.1 Å². The molecule has 0 aliphatic carbocycles. The molecule has 3 nitrogen and oxygen atoms in total. The minimum Gasteiger partial charge on any atom is -0.380 e. The van der Waals surface area contributed by atoms with Gasteiger partial charge in [-0.2, -0.15) is 0 Å². The Kier molecular flexibility index (Phi) is 1.49. The molecule has 0 radical (unpaired) electrons. The second-order valence-corrected chi connectivity index (χ2v) is 3.94. The van der Waals surface area contributed by atoms with Crippen LogP contribution in [0.1, 0.15) is 5.01 Å². The predicted octanol–water partition coefficient (Wildman–Crippen LogP) is 0.276. The van der Waals surface area contributed by atoms with Crippen molar-refractivity contribution in [3.8, 4) is 0 Å². The molecule has 0 amide bonds. The highest BCUT2D eigenvalue weighted by atomic mass is 32.1. The highest BCUT2D eigenvalue weighted by Crippen LogP contribution is 2.31. The average Bonchev–Trinajstić information content (AvgIpc) is 2.34. The maximum atomic E-state index is 9.85. The van der Waals surface area contributed by atoms with Crippen LogP contribution in [0.3, 0.4) is 0 Å². The van der Waals surface area contributed by atoms with Crippen LogP contribution in [0.15, 0.2) is 11.6 Å². The van der Waals surface area contributed by atoms with E-state index in [4.69, 9.17) is 0 Å². The molecule has 0 atom stereocenters. The quantitative estimate of drug-likeness (QED) is 0.657. The fourth-order valence-corrected chi connectivity index (χ4v) is 2.16. The first-order chi connectivity index (χ1) is 5.21. The van der Waals surface area contributed by atoms with Gasteiger partial charge >= 0.3 is 0 Å². The molecule has 4 heteroatoms. The van der Waals surface area contributed by atoms with E-state index in [-0.39, 0.29) is 0 Å². The van der Waals surface area contributed by atoms with Gasteiger partial charge in [0.25, 0.3) is 0 Å². The predicted molar refractivity (Wildman–Crippen MR) is 43.5 cm³/mol. The summed E-state index contributed by atoms with van der Waals surface area (Å²) >= 11 is 1.52. The van der Waals surface area contributed by atoms with Crippen LogP contribution in [0, 0.1) is 0 Å². The minimum absolute atomic E-state index is 0.650. The molecule has 1 saturated heterocycles. The van der Waals surface area contributed by atoms with Gasteiger partial charge < -0.3 is 5.11 Å². The van der Waals surface area contributed by atoms with E-state index in [1.54, 1.807) is 6.20 Å². The maximum Gasteiger partial charge on any atom is 0.141 e. The zero-order valence-corrected chi connectivity index (χ0v) is 7.14. The molecule has 1 aromatic heterocycles. The van der Waals surface area contributed by atoms with Crippen molar-refractivity contribution in [2.24, 2.45) is 0 Å². The Hall–Kier alpha value is -0.450. The monoisotopic (exact) mass is 170 g/mol. The van der Waals surface area contributed by atoms with E-state index in [2.05, 4.69) is 9.88 Å². The van der Waals surface area contributed by atoms with Gasteiger partial charge in [-0.25, -0.2) is 4.98 Å². The van der Waals surface area contributed by atoms with Gasteiger partial charge in [0.1, 0.15) is 10.6 Å². The molecule has 2 heterocycles. The van der Waals surface area contributed by atoms with Crippen molar-refractivity contribution < 1.29 is 5.11 Å². The molecule has 60 valence electrons. The maximum absolute atomic E-state index is 9.85. The molecule has 1 aromatic rings. The van der Waals surface area contributed by atoms with Gasteiger partial charge in [-0.1, -0.05) is 0 Å². The molecule has 0 aromatic carbocycles. The van der Waals surface area contributed by atoms with E-state index < -0.39 is 5.60 Å². The van der Waals surface area contributed by atoms with Gasteiger partial charge in [0.2, 0.25) is 0 Å². The molecule has 1 aliphatic heterocycles. The molecular weight excluding hydrogens is 160 g/mol. The van der Waals surface area contributed by atoms with Gasteiger partial charge in [0, 0.05) is 24.7 Å². The third-order valence-electron chi connectivity index (χ3n) is 1.89. The summed E-state index contributed by atoms with van der Waals surface area (Å²) in [6.45, 7) is 1.42. The van der Waals surface area contributed by atoms with Crippen molar-refractivity contribution in [2.45, 2.75) is 5.60 Å². The number of rotatable bonds is 1. The molecule has 0 unspecified atom stereocenters. The summed E-state index contributed by atoms with van der Waals surface area (Å²) in [6.07, 6.45) is 1.73. The zero-order chi connectivity index (χ0) is 7.90. The molecule has 0 saturated carbocycles. The number of likely N-dealkylation sites (tertiary alicyclic amines) is 1. The minimum atomic E-state index is -0.650. The topological polar surface area (TPSA) is 36.4 Å².